The second-order valence-electron chi connectivity index (χ2n) is 1.76. The van der Waals surface area contributed by atoms with Gasteiger partial charge in [0.1, 0.15) is 5.75 Å². The molecular formula is C8H10O2. The molecular weight excluding hydrogens is 128 g/mol. The van der Waals surface area contributed by atoms with Gasteiger partial charge in [0.15, 0.2) is 0 Å². The Balaban J connectivity index is 0.000000810. The summed E-state index contributed by atoms with van der Waals surface area (Å²) in [4.78, 5) is 0. The van der Waals surface area contributed by atoms with Crippen LogP contribution >= 0.6 is 0 Å². The molecule has 2 heteroatoms. The Morgan fingerprint density at radius 1 is 1.30 bits per heavy atom. The van der Waals surface area contributed by atoms with E-state index < -0.39 is 0 Å². The van der Waals surface area contributed by atoms with E-state index in [4.69, 9.17) is 5.11 Å². The fraction of sp³-hybridized carbons (Fsp3) is 0. The highest BCUT2D eigenvalue weighted by atomic mass is 16.3. The van der Waals surface area contributed by atoms with Gasteiger partial charge in [-0.05, 0) is 6.07 Å². The van der Waals surface area contributed by atoms with Crippen LogP contribution in [-0.2, 0) is 0 Å². The SMILES string of the molecule is C=Cc1ccccc1O.O. The van der Waals surface area contributed by atoms with Crippen LogP contribution in [0, 0.1) is 0 Å². The first kappa shape index (κ1) is 8.72. The molecule has 0 amide bonds. The van der Waals surface area contributed by atoms with Crippen molar-refractivity contribution in [3.8, 4) is 5.75 Å². The van der Waals surface area contributed by atoms with Crippen LogP contribution in [0.15, 0.2) is 30.8 Å². The summed E-state index contributed by atoms with van der Waals surface area (Å²) in [5.41, 5.74) is 0.775. The number of para-hydroxylation sites is 1. The molecule has 0 unspecified atom stereocenters. The number of rotatable bonds is 1. The van der Waals surface area contributed by atoms with Gasteiger partial charge in [-0.15, -0.1) is 0 Å². The second-order valence-corrected chi connectivity index (χ2v) is 1.76. The lowest BCUT2D eigenvalue weighted by Gasteiger charge is -1.93. The standard InChI is InChI=1S/C8H8O.H2O/c1-2-7-5-3-4-6-8(7)9;/h2-6,9H,1H2;1H2. The van der Waals surface area contributed by atoms with E-state index in [1.54, 1.807) is 18.2 Å². The van der Waals surface area contributed by atoms with E-state index >= 15 is 0 Å². The van der Waals surface area contributed by atoms with Crippen LogP contribution in [-0.4, -0.2) is 10.6 Å². The van der Waals surface area contributed by atoms with Crippen LogP contribution in [0.25, 0.3) is 6.08 Å². The molecule has 2 nitrogen and oxygen atoms in total. The molecule has 0 atom stereocenters. The third-order valence-electron chi connectivity index (χ3n) is 1.16. The van der Waals surface area contributed by atoms with Crippen LogP contribution < -0.4 is 0 Å². The second kappa shape index (κ2) is 3.69. The van der Waals surface area contributed by atoms with Gasteiger partial charge in [0, 0.05) is 5.56 Å². The predicted octanol–water partition coefficient (Wildman–Crippen LogP) is 1.21. The maximum absolute atomic E-state index is 9.04. The van der Waals surface area contributed by atoms with E-state index in [0.717, 1.165) is 5.56 Å². The van der Waals surface area contributed by atoms with Gasteiger partial charge in [-0.2, -0.15) is 0 Å². The first-order chi connectivity index (χ1) is 4.34. The van der Waals surface area contributed by atoms with Gasteiger partial charge in [0.25, 0.3) is 0 Å². The summed E-state index contributed by atoms with van der Waals surface area (Å²) in [5.74, 6) is 0.285. The van der Waals surface area contributed by atoms with Crippen molar-refractivity contribution in [3.05, 3.63) is 36.4 Å². The van der Waals surface area contributed by atoms with Crippen molar-refractivity contribution in [1.29, 1.82) is 0 Å². The van der Waals surface area contributed by atoms with Gasteiger partial charge in [-0.3, -0.25) is 0 Å². The Morgan fingerprint density at radius 2 is 1.90 bits per heavy atom. The minimum Gasteiger partial charge on any atom is -0.507 e. The van der Waals surface area contributed by atoms with Gasteiger partial charge in [0.05, 0.1) is 0 Å². The molecule has 0 saturated carbocycles. The van der Waals surface area contributed by atoms with Crippen molar-refractivity contribution in [2.45, 2.75) is 0 Å². The topological polar surface area (TPSA) is 51.7 Å². The smallest absolute Gasteiger partial charge is 0.122 e. The van der Waals surface area contributed by atoms with E-state index in [9.17, 15) is 0 Å². The molecule has 0 fully saturated rings. The highest BCUT2D eigenvalue weighted by Crippen LogP contribution is 2.15. The number of hydrogen-bond acceptors (Lipinski definition) is 1. The van der Waals surface area contributed by atoms with Crippen LogP contribution in [0.1, 0.15) is 5.56 Å². The molecule has 3 N–H and O–H groups in total. The van der Waals surface area contributed by atoms with Crippen molar-refractivity contribution in [2.75, 3.05) is 0 Å². The number of benzene rings is 1. The lowest BCUT2D eigenvalue weighted by atomic mass is 10.2. The van der Waals surface area contributed by atoms with E-state index in [1.807, 2.05) is 12.1 Å². The zero-order valence-electron chi connectivity index (χ0n) is 5.54. The first-order valence-corrected chi connectivity index (χ1v) is 2.75. The molecule has 0 radical (unpaired) electrons. The Bertz CT molecular complexity index is 218. The van der Waals surface area contributed by atoms with Crippen LogP contribution in [0.3, 0.4) is 0 Å². The summed E-state index contributed by atoms with van der Waals surface area (Å²) < 4.78 is 0. The largest absolute Gasteiger partial charge is 0.507 e. The normalized spacial score (nSPS) is 8.00. The molecule has 10 heavy (non-hydrogen) atoms. The summed E-state index contributed by atoms with van der Waals surface area (Å²) in [6, 6.07) is 7.08. The molecule has 0 aliphatic carbocycles. The lowest BCUT2D eigenvalue weighted by molar-refractivity contribution is 0.474. The molecule has 0 aliphatic heterocycles. The third-order valence-corrected chi connectivity index (χ3v) is 1.16. The molecule has 0 aliphatic rings. The Kier molecular flexibility index (Phi) is 3.22. The van der Waals surface area contributed by atoms with Crippen molar-refractivity contribution >= 4 is 6.08 Å². The average molecular weight is 138 g/mol. The summed E-state index contributed by atoms with van der Waals surface area (Å²) in [7, 11) is 0. The monoisotopic (exact) mass is 138 g/mol. The zero-order chi connectivity index (χ0) is 6.69. The van der Waals surface area contributed by atoms with Crippen LogP contribution in [0.5, 0.6) is 5.75 Å². The number of aromatic hydroxyl groups is 1. The Hall–Kier alpha value is -1.28. The molecule has 0 aromatic heterocycles. The van der Waals surface area contributed by atoms with Gasteiger partial charge in [0.2, 0.25) is 0 Å². The fourth-order valence-corrected chi connectivity index (χ4v) is 0.660. The van der Waals surface area contributed by atoms with Gasteiger partial charge in [-0.25, -0.2) is 0 Å². The van der Waals surface area contributed by atoms with Gasteiger partial charge >= 0.3 is 0 Å². The lowest BCUT2D eigenvalue weighted by Crippen LogP contribution is -1.69. The molecule has 0 bridgehead atoms. The number of hydrogen-bond donors (Lipinski definition) is 1. The van der Waals surface area contributed by atoms with Crippen molar-refractivity contribution < 1.29 is 10.6 Å². The van der Waals surface area contributed by atoms with Crippen LogP contribution in [0.2, 0.25) is 0 Å². The first-order valence-electron chi connectivity index (χ1n) is 2.75. The molecule has 0 saturated heterocycles. The maximum Gasteiger partial charge on any atom is 0.122 e. The van der Waals surface area contributed by atoms with Gasteiger partial charge < -0.3 is 10.6 Å². The van der Waals surface area contributed by atoms with Crippen molar-refractivity contribution in [3.63, 3.8) is 0 Å². The molecule has 0 spiro atoms. The maximum atomic E-state index is 9.04. The minimum absolute atomic E-state index is 0. The highest BCUT2D eigenvalue weighted by molar-refractivity contribution is 5.54. The van der Waals surface area contributed by atoms with Crippen LogP contribution in [0.4, 0.5) is 0 Å². The summed E-state index contributed by atoms with van der Waals surface area (Å²) in [5, 5.41) is 9.04. The zero-order valence-corrected chi connectivity index (χ0v) is 5.54. The summed E-state index contributed by atoms with van der Waals surface area (Å²) in [6.07, 6.45) is 1.62. The molecule has 1 aromatic carbocycles. The molecule has 1 rings (SSSR count). The Morgan fingerprint density at radius 3 is 2.30 bits per heavy atom. The fourth-order valence-electron chi connectivity index (χ4n) is 0.660. The van der Waals surface area contributed by atoms with E-state index in [-0.39, 0.29) is 11.2 Å². The minimum atomic E-state index is 0. The van der Waals surface area contributed by atoms with E-state index in [2.05, 4.69) is 6.58 Å². The molecule has 0 heterocycles. The number of phenolic OH excluding ortho intramolecular Hbond substituents is 1. The molecule has 1 aromatic rings. The third kappa shape index (κ3) is 1.60. The van der Waals surface area contributed by atoms with E-state index in [0.29, 0.717) is 0 Å². The summed E-state index contributed by atoms with van der Waals surface area (Å²) in [6.45, 7) is 3.53. The highest BCUT2D eigenvalue weighted by Gasteiger charge is 1.89. The average Bonchev–Trinajstić information content (AvgIpc) is 1.89. The summed E-state index contributed by atoms with van der Waals surface area (Å²) >= 11 is 0. The van der Waals surface area contributed by atoms with Crippen molar-refractivity contribution in [1.82, 2.24) is 0 Å². The van der Waals surface area contributed by atoms with Gasteiger partial charge in [-0.1, -0.05) is 30.9 Å². The predicted molar refractivity (Wildman–Crippen MR) is 41.8 cm³/mol. The van der Waals surface area contributed by atoms with Crippen molar-refractivity contribution in [2.24, 2.45) is 0 Å². The quantitative estimate of drug-likeness (QED) is 0.623. The number of phenols is 1. The van der Waals surface area contributed by atoms with E-state index in [1.165, 1.54) is 0 Å². The molecule has 54 valence electrons. The Labute approximate surface area is 59.7 Å².